The number of nitrogens with one attached hydrogen (secondary N) is 1. The van der Waals surface area contributed by atoms with Crippen LogP contribution in [-0.4, -0.2) is 85.2 Å². The van der Waals surface area contributed by atoms with Gasteiger partial charge < -0.3 is 19.5 Å². The maximum atomic E-state index is 13.6. The van der Waals surface area contributed by atoms with E-state index in [2.05, 4.69) is 30.7 Å². The van der Waals surface area contributed by atoms with Crippen LogP contribution in [0.4, 0.5) is 10.5 Å². The molecule has 0 atom stereocenters. The molecule has 0 aliphatic carbocycles. The van der Waals surface area contributed by atoms with Gasteiger partial charge in [-0.05, 0) is 57.2 Å². The lowest BCUT2D eigenvalue weighted by molar-refractivity contribution is 0.0611. The van der Waals surface area contributed by atoms with Crippen LogP contribution in [-0.2, 0) is 26.9 Å². The first kappa shape index (κ1) is 29.6. The highest BCUT2D eigenvalue weighted by atomic mass is 32.2. The Labute approximate surface area is 233 Å². The van der Waals surface area contributed by atoms with Gasteiger partial charge in [-0.25, -0.2) is 9.78 Å². The molecule has 1 aromatic heterocycles. The number of carbonyl (C=O) groups excluding carboxylic acids is 1. The van der Waals surface area contributed by atoms with E-state index < -0.39 is 10.2 Å². The summed E-state index contributed by atoms with van der Waals surface area (Å²) in [6.07, 6.45) is 2.88. The third kappa shape index (κ3) is 6.52. The van der Waals surface area contributed by atoms with Gasteiger partial charge in [0.05, 0.1) is 16.7 Å². The van der Waals surface area contributed by atoms with Gasteiger partial charge in [0.25, 0.3) is 0 Å². The number of benzene rings is 1. The predicted octanol–water partition coefficient (Wildman–Crippen LogP) is 3.96. The predicted molar refractivity (Wildman–Crippen MR) is 155 cm³/mol. The first-order chi connectivity index (χ1) is 18.2. The Balaban J connectivity index is 1.51. The molecule has 0 saturated carbocycles. The Morgan fingerprint density at radius 3 is 2.33 bits per heavy atom. The fourth-order valence-electron chi connectivity index (χ4n) is 5.14. The molecular weight excluding hydrogens is 516 g/mol. The second-order valence-electron chi connectivity index (χ2n) is 12.6. The molecule has 2 saturated heterocycles. The summed E-state index contributed by atoms with van der Waals surface area (Å²) < 4.78 is 37.8. The van der Waals surface area contributed by atoms with Gasteiger partial charge in [0.15, 0.2) is 0 Å². The topological polar surface area (TPSA) is 100 Å². The summed E-state index contributed by atoms with van der Waals surface area (Å²) in [7, 11) is -2.18. The Hall–Kier alpha value is -2.37. The highest BCUT2D eigenvalue weighted by molar-refractivity contribution is 7.90. The first-order valence-corrected chi connectivity index (χ1v) is 15.5. The number of ether oxygens (including phenoxy) is 1. The zero-order chi connectivity index (χ0) is 28.6. The number of carbonyl (C=O) groups is 1. The van der Waals surface area contributed by atoms with Crippen LogP contribution in [0.5, 0.6) is 0 Å². The molecule has 2 aliphatic heterocycles. The molecule has 11 heteroatoms. The van der Waals surface area contributed by atoms with E-state index in [-0.39, 0.29) is 30.1 Å². The van der Waals surface area contributed by atoms with Crippen molar-refractivity contribution in [1.29, 1.82) is 0 Å². The summed E-state index contributed by atoms with van der Waals surface area (Å²) in [4.78, 5) is 19.3. The average molecular weight is 563 g/mol. The van der Waals surface area contributed by atoms with Gasteiger partial charge in [-0.2, -0.15) is 12.7 Å². The second-order valence-corrected chi connectivity index (χ2v) is 14.5. The van der Waals surface area contributed by atoms with Crippen LogP contribution in [0.3, 0.4) is 0 Å². The van der Waals surface area contributed by atoms with E-state index in [0.717, 1.165) is 55.9 Å². The molecule has 2 fully saturated rings. The molecule has 1 N–H and O–H groups in total. The minimum absolute atomic E-state index is 0.149. The van der Waals surface area contributed by atoms with E-state index >= 15 is 0 Å². The molecule has 0 bridgehead atoms. The monoisotopic (exact) mass is 562 g/mol. The number of hydrogen-bond acceptors (Lipinski definition) is 5. The van der Waals surface area contributed by atoms with E-state index in [1.54, 1.807) is 11.9 Å². The van der Waals surface area contributed by atoms with Crippen LogP contribution in [0.1, 0.15) is 66.6 Å². The van der Waals surface area contributed by atoms with E-state index in [4.69, 9.17) is 9.72 Å². The largest absolute Gasteiger partial charge is 0.381 e. The van der Waals surface area contributed by atoms with Gasteiger partial charge in [0.1, 0.15) is 5.82 Å². The molecular formula is C28H46N6O4S. The highest BCUT2D eigenvalue weighted by Crippen LogP contribution is 2.32. The summed E-state index contributed by atoms with van der Waals surface area (Å²) in [5.41, 5.74) is 1.94. The van der Waals surface area contributed by atoms with E-state index in [0.29, 0.717) is 24.7 Å². The normalized spacial score (nSPS) is 18.5. The quantitative estimate of drug-likeness (QED) is 0.551. The number of nitrogens with zero attached hydrogens (tertiary/aromatic N) is 5. The Morgan fingerprint density at radius 1 is 1.10 bits per heavy atom. The Kier molecular flexibility index (Phi) is 8.54. The number of piperazine rings is 1. The van der Waals surface area contributed by atoms with Crippen LogP contribution in [0.25, 0.3) is 11.0 Å². The number of fused-ring (bicyclic) bond motifs is 1. The van der Waals surface area contributed by atoms with Gasteiger partial charge in [-0.3, -0.25) is 4.31 Å². The highest BCUT2D eigenvalue weighted by Gasteiger charge is 2.33. The van der Waals surface area contributed by atoms with Gasteiger partial charge in [0.2, 0.25) is 0 Å². The number of amides is 2. The smallest absolute Gasteiger partial charge is 0.317 e. The lowest BCUT2D eigenvalue weighted by Gasteiger charge is -2.37. The van der Waals surface area contributed by atoms with Gasteiger partial charge >= 0.3 is 16.2 Å². The maximum absolute atomic E-state index is 13.6. The van der Waals surface area contributed by atoms with Crippen LogP contribution < -0.4 is 9.62 Å². The number of aromatic nitrogens is 2. The second kappa shape index (κ2) is 11.2. The minimum atomic E-state index is -3.77. The third-order valence-corrected chi connectivity index (χ3v) is 10.00. The van der Waals surface area contributed by atoms with Crippen molar-refractivity contribution in [1.82, 2.24) is 24.1 Å². The average Bonchev–Trinajstić information content (AvgIpc) is 3.26. The Bertz CT molecular complexity index is 1270. The standard InChI is InChI=1S/C28H46N6O4S/c1-8-28(5,6)30-26(35)32-13-15-33(16-14-32)39(36,37)31(7)22-9-10-24-23(19-22)29-25(27(2,3)4)34(24)20-21-11-17-38-18-12-21/h9-10,19,21H,8,11-18,20H2,1-7H3,(H,30,35). The summed E-state index contributed by atoms with van der Waals surface area (Å²) in [5.74, 6) is 1.54. The molecule has 0 unspecified atom stereocenters. The van der Waals surface area contributed by atoms with Gasteiger partial charge in [-0.1, -0.05) is 27.7 Å². The third-order valence-electron chi connectivity index (χ3n) is 8.08. The number of anilines is 1. The van der Waals surface area contributed by atoms with Gasteiger partial charge in [-0.15, -0.1) is 0 Å². The first-order valence-electron chi connectivity index (χ1n) is 14.1. The minimum Gasteiger partial charge on any atom is -0.381 e. The fraction of sp³-hybridized carbons (Fsp3) is 0.714. The van der Waals surface area contributed by atoms with Crippen LogP contribution in [0, 0.1) is 5.92 Å². The lowest BCUT2D eigenvalue weighted by Crippen LogP contribution is -2.57. The van der Waals surface area contributed by atoms with E-state index in [9.17, 15) is 13.2 Å². The SMILES string of the molecule is CCC(C)(C)NC(=O)N1CCN(S(=O)(=O)N(C)c2ccc3c(c2)nc(C(C)(C)C)n3CC2CCOCC2)CC1. The zero-order valence-electron chi connectivity index (χ0n) is 24.7. The summed E-state index contributed by atoms with van der Waals surface area (Å²) in [6.45, 7) is 16.2. The molecule has 4 rings (SSSR count). The lowest BCUT2D eigenvalue weighted by atomic mass is 9.94. The summed E-state index contributed by atoms with van der Waals surface area (Å²) >= 11 is 0. The van der Waals surface area contributed by atoms with E-state index in [1.807, 2.05) is 39.0 Å². The number of rotatable bonds is 7. The molecule has 0 radical (unpaired) electrons. The molecule has 218 valence electrons. The van der Waals surface area contributed by atoms with Crippen molar-refractivity contribution in [2.45, 2.75) is 78.3 Å². The summed E-state index contributed by atoms with van der Waals surface area (Å²) in [5, 5.41) is 3.03. The van der Waals surface area contributed by atoms with Crippen LogP contribution in [0.2, 0.25) is 0 Å². The van der Waals surface area contributed by atoms with Crippen molar-refractivity contribution < 1.29 is 17.9 Å². The number of urea groups is 1. The van der Waals surface area contributed by atoms with Crippen molar-refractivity contribution in [3.8, 4) is 0 Å². The van der Waals surface area contributed by atoms with Crippen molar-refractivity contribution >= 4 is 33.0 Å². The van der Waals surface area contributed by atoms with Crippen molar-refractivity contribution in [2.24, 2.45) is 5.92 Å². The molecule has 2 aromatic rings. The maximum Gasteiger partial charge on any atom is 0.317 e. The van der Waals surface area contributed by atoms with Gasteiger partial charge in [0, 0.05) is 63.9 Å². The molecule has 2 amide bonds. The number of hydrogen-bond donors (Lipinski definition) is 1. The van der Waals surface area contributed by atoms with Crippen molar-refractivity contribution in [3.63, 3.8) is 0 Å². The van der Waals surface area contributed by atoms with Crippen LogP contribution >= 0.6 is 0 Å². The van der Waals surface area contributed by atoms with Crippen molar-refractivity contribution in [3.05, 3.63) is 24.0 Å². The fourth-order valence-corrected chi connectivity index (χ4v) is 6.49. The zero-order valence-corrected chi connectivity index (χ0v) is 25.5. The molecule has 0 spiro atoms. The molecule has 39 heavy (non-hydrogen) atoms. The molecule has 1 aromatic carbocycles. The molecule has 2 aliphatic rings. The van der Waals surface area contributed by atoms with E-state index in [1.165, 1.54) is 8.61 Å². The Morgan fingerprint density at radius 2 is 1.74 bits per heavy atom. The van der Waals surface area contributed by atoms with Crippen LogP contribution in [0.15, 0.2) is 18.2 Å². The molecule has 10 nitrogen and oxygen atoms in total. The number of imidazole rings is 1. The van der Waals surface area contributed by atoms with Crippen molar-refractivity contribution in [2.75, 3.05) is 50.7 Å². The summed E-state index contributed by atoms with van der Waals surface area (Å²) in [6, 6.07) is 5.59. The molecule has 3 heterocycles.